The molecule has 2 unspecified atom stereocenters. The molecular weight excluding hydrogens is 434 g/mol. The quantitative estimate of drug-likeness (QED) is 0.518. The summed E-state index contributed by atoms with van der Waals surface area (Å²) in [6.45, 7) is 11.5. The fraction of sp³-hybridized carbons (Fsp3) is 0.654. The summed E-state index contributed by atoms with van der Waals surface area (Å²) in [5.41, 5.74) is 1.16. The van der Waals surface area contributed by atoms with Gasteiger partial charge in [-0.05, 0) is 56.5 Å². The predicted molar refractivity (Wildman–Crippen MR) is 134 cm³/mol. The van der Waals surface area contributed by atoms with Crippen LogP contribution in [0.2, 0.25) is 0 Å². The van der Waals surface area contributed by atoms with Crippen LogP contribution in [0.1, 0.15) is 72.3 Å². The molecule has 0 saturated carbocycles. The topological polar surface area (TPSA) is 108 Å². The second kappa shape index (κ2) is 14.6. The van der Waals surface area contributed by atoms with E-state index < -0.39 is 24.0 Å². The lowest BCUT2D eigenvalue weighted by atomic mass is 9.74. The average Bonchev–Trinajstić information content (AvgIpc) is 2.98. The lowest BCUT2D eigenvalue weighted by Crippen LogP contribution is -2.48. The molecule has 1 aliphatic rings. The fourth-order valence-corrected chi connectivity index (χ4v) is 4.17. The number of nitrogens with one attached hydrogen (secondary N) is 2. The summed E-state index contributed by atoms with van der Waals surface area (Å²) in [5, 5.41) is 13.9. The van der Waals surface area contributed by atoms with Crippen LogP contribution in [0.5, 0.6) is 5.75 Å². The van der Waals surface area contributed by atoms with Gasteiger partial charge in [-0.25, -0.2) is 9.59 Å². The normalized spacial score (nSPS) is 19.3. The zero-order valence-corrected chi connectivity index (χ0v) is 21.6. The van der Waals surface area contributed by atoms with Crippen LogP contribution < -0.4 is 15.4 Å². The SMILES string of the molecule is CCC.CCC1(c2cccc(OC(=O)NCC(=O)NC(C(=O)O)C(C)C)c2)CCCCN(C)C1. The van der Waals surface area contributed by atoms with Crippen LogP contribution in [0.15, 0.2) is 24.3 Å². The van der Waals surface area contributed by atoms with Gasteiger partial charge >= 0.3 is 12.1 Å². The van der Waals surface area contributed by atoms with E-state index in [2.05, 4.69) is 49.4 Å². The monoisotopic (exact) mass is 477 g/mol. The number of likely N-dealkylation sites (tertiary alicyclic amines) is 1. The van der Waals surface area contributed by atoms with E-state index >= 15 is 0 Å². The lowest BCUT2D eigenvalue weighted by molar-refractivity contribution is -0.142. The molecule has 2 rings (SSSR count). The first-order valence-corrected chi connectivity index (χ1v) is 12.3. The number of carbonyl (C=O) groups is 3. The van der Waals surface area contributed by atoms with E-state index in [4.69, 9.17) is 9.84 Å². The molecule has 0 aliphatic carbocycles. The molecule has 1 saturated heterocycles. The van der Waals surface area contributed by atoms with Gasteiger partial charge in [-0.1, -0.05) is 59.6 Å². The standard InChI is InChI=1S/C23H35N3O5.C3H8/c1-5-23(11-6-7-12-26(4)15-23)17-9-8-10-18(13-17)31-22(30)24-14-19(27)25-20(16(2)3)21(28)29;1-3-2/h8-10,13,16,20H,5-7,11-12,14-15H2,1-4H3,(H,24,30)(H,25,27)(H,28,29);3H2,1-2H3. The van der Waals surface area contributed by atoms with Crippen molar-refractivity contribution in [3.63, 3.8) is 0 Å². The summed E-state index contributed by atoms with van der Waals surface area (Å²) < 4.78 is 5.38. The summed E-state index contributed by atoms with van der Waals surface area (Å²) in [5.74, 6) is -1.55. The first kappa shape index (κ1) is 29.4. The molecule has 0 radical (unpaired) electrons. The van der Waals surface area contributed by atoms with Gasteiger partial charge in [0.2, 0.25) is 5.91 Å². The van der Waals surface area contributed by atoms with E-state index in [1.165, 1.54) is 12.8 Å². The molecule has 0 spiro atoms. The Bertz CT molecular complexity index is 798. The first-order valence-electron chi connectivity index (χ1n) is 12.3. The average molecular weight is 478 g/mol. The van der Waals surface area contributed by atoms with Crippen LogP contribution in [0.4, 0.5) is 4.79 Å². The Labute approximate surface area is 204 Å². The summed E-state index contributed by atoms with van der Waals surface area (Å²) in [6, 6.07) is 6.57. The van der Waals surface area contributed by atoms with Gasteiger partial charge in [-0.2, -0.15) is 0 Å². The Morgan fingerprint density at radius 1 is 1.18 bits per heavy atom. The predicted octanol–water partition coefficient (Wildman–Crippen LogP) is 4.18. The largest absolute Gasteiger partial charge is 0.480 e. The molecule has 2 amide bonds. The summed E-state index contributed by atoms with van der Waals surface area (Å²) in [7, 11) is 2.14. The molecular formula is C26H43N3O5. The molecule has 2 atom stereocenters. The smallest absolute Gasteiger partial charge is 0.413 e. The number of ether oxygens (including phenoxy) is 1. The molecule has 8 heteroatoms. The maximum absolute atomic E-state index is 12.2. The van der Waals surface area contributed by atoms with Gasteiger partial charge in [0.1, 0.15) is 18.3 Å². The van der Waals surface area contributed by atoms with E-state index in [1.807, 2.05) is 12.1 Å². The first-order chi connectivity index (χ1) is 16.1. The maximum Gasteiger partial charge on any atom is 0.413 e. The maximum atomic E-state index is 12.2. The second-order valence-electron chi connectivity index (χ2n) is 9.43. The molecule has 3 N–H and O–H groups in total. The van der Waals surface area contributed by atoms with E-state index in [9.17, 15) is 14.4 Å². The highest BCUT2D eigenvalue weighted by Gasteiger charge is 2.33. The minimum Gasteiger partial charge on any atom is -0.480 e. The number of carbonyl (C=O) groups excluding carboxylic acids is 2. The highest BCUT2D eigenvalue weighted by molar-refractivity contribution is 5.87. The minimum absolute atomic E-state index is 0.0175. The summed E-state index contributed by atoms with van der Waals surface area (Å²) in [4.78, 5) is 37.7. The highest BCUT2D eigenvalue weighted by Crippen LogP contribution is 2.37. The zero-order chi connectivity index (χ0) is 25.7. The van der Waals surface area contributed by atoms with Crippen LogP contribution in [-0.4, -0.2) is 60.7 Å². The molecule has 0 aromatic heterocycles. The zero-order valence-electron chi connectivity index (χ0n) is 21.6. The van der Waals surface area contributed by atoms with Crippen molar-refractivity contribution in [3.8, 4) is 5.75 Å². The molecule has 192 valence electrons. The number of nitrogens with zero attached hydrogens (tertiary/aromatic N) is 1. The lowest BCUT2D eigenvalue weighted by Gasteiger charge is -2.35. The number of benzene rings is 1. The van der Waals surface area contributed by atoms with Crippen LogP contribution in [-0.2, 0) is 15.0 Å². The molecule has 1 heterocycles. The number of carboxylic acid groups (broad SMARTS) is 1. The van der Waals surface area contributed by atoms with Crippen molar-refractivity contribution < 1.29 is 24.2 Å². The third-order valence-electron chi connectivity index (χ3n) is 5.99. The number of aliphatic carboxylic acids is 1. The van der Waals surface area contributed by atoms with Crippen molar-refractivity contribution in [3.05, 3.63) is 29.8 Å². The Morgan fingerprint density at radius 3 is 2.44 bits per heavy atom. The third-order valence-corrected chi connectivity index (χ3v) is 5.99. The van der Waals surface area contributed by atoms with E-state index in [-0.39, 0.29) is 17.9 Å². The Balaban J connectivity index is 0.00000182. The van der Waals surface area contributed by atoms with Crippen molar-refractivity contribution >= 4 is 18.0 Å². The number of hydrogen-bond acceptors (Lipinski definition) is 5. The molecule has 1 fully saturated rings. The molecule has 34 heavy (non-hydrogen) atoms. The van der Waals surface area contributed by atoms with Gasteiger partial charge < -0.3 is 25.4 Å². The van der Waals surface area contributed by atoms with E-state index in [0.29, 0.717) is 5.75 Å². The minimum atomic E-state index is -1.11. The number of rotatable bonds is 8. The Hall–Kier alpha value is -2.61. The van der Waals surface area contributed by atoms with E-state index in [0.717, 1.165) is 37.9 Å². The van der Waals surface area contributed by atoms with Crippen LogP contribution >= 0.6 is 0 Å². The molecule has 1 aromatic carbocycles. The van der Waals surface area contributed by atoms with Crippen molar-refractivity contribution in [2.75, 3.05) is 26.7 Å². The van der Waals surface area contributed by atoms with Crippen LogP contribution in [0.3, 0.4) is 0 Å². The third kappa shape index (κ3) is 9.33. The summed E-state index contributed by atoms with van der Waals surface area (Å²) >= 11 is 0. The number of amides is 2. The van der Waals surface area contributed by atoms with Crippen molar-refractivity contribution in [2.45, 2.75) is 78.2 Å². The molecule has 8 nitrogen and oxygen atoms in total. The molecule has 1 aromatic rings. The second-order valence-corrected chi connectivity index (χ2v) is 9.43. The number of likely N-dealkylation sites (N-methyl/N-ethyl adjacent to an activating group) is 1. The van der Waals surface area contributed by atoms with E-state index in [1.54, 1.807) is 19.9 Å². The van der Waals surface area contributed by atoms with Crippen molar-refractivity contribution in [1.82, 2.24) is 15.5 Å². The number of hydrogen-bond donors (Lipinski definition) is 3. The molecule has 0 bridgehead atoms. The van der Waals surface area contributed by atoms with Gasteiger partial charge in [0, 0.05) is 12.0 Å². The van der Waals surface area contributed by atoms with Gasteiger partial charge in [0.15, 0.2) is 0 Å². The van der Waals surface area contributed by atoms with Gasteiger partial charge in [0.05, 0.1) is 0 Å². The highest BCUT2D eigenvalue weighted by atomic mass is 16.6. The van der Waals surface area contributed by atoms with Crippen molar-refractivity contribution in [2.24, 2.45) is 5.92 Å². The summed E-state index contributed by atoms with van der Waals surface area (Å²) in [6.07, 6.45) is 4.91. The van der Waals surface area contributed by atoms with Gasteiger partial charge in [0.25, 0.3) is 0 Å². The van der Waals surface area contributed by atoms with Gasteiger partial charge in [-0.15, -0.1) is 0 Å². The van der Waals surface area contributed by atoms with Gasteiger partial charge in [-0.3, -0.25) is 4.79 Å². The van der Waals surface area contributed by atoms with Crippen LogP contribution in [0.25, 0.3) is 0 Å². The number of carboxylic acids is 1. The van der Waals surface area contributed by atoms with Crippen LogP contribution in [0, 0.1) is 5.92 Å². The van der Waals surface area contributed by atoms with Crippen molar-refractivity contribution in [1.29, 1.82) is 0 Å². The fourth-order valence-electron chi connectivity index (χ4n) is 4.17. The Kier molecular flexibility index (Phi) is 12.6. The molecule has 1 aliphatic heterocycles. The Morgan fingerprint density at radius 2 is 1.85 bits per heavy atom.